The molecule has 3 nitrogen and oxygen atoms in total. The van der Waals surface area contributed by atoms with Gasteiger partial charge in [0.1, 0.15) is 5.82 Å². The lowest BCUT2D eigenvalue weighted by molar-refractivity contribution is 0.0740. The third-order valence-corrected chi connectivity index (χ3v) is 3.77. The van der Waals surface area contributed by atoms with Crippen molar-refractivity contribution in [2.45, 2.75) is 25.7 Å². The molecule has 2 rings (SSSR count). The SMILES string of the molecule is CN(CC1CCC1)C(=O)c1cc(C#CCCO)ccc1F. The number of carbonyl (C=O) groups is 1. The van der Waals surface area contributed by atoms with Gasteiger partial charge in [0.05, 0.1) is 12.2 Å². The van der Waals surface area contributed by atoms with Crippen LogP contribution in [0.3, 0.4) is 0 Å². The number of hydrogen-bond acceptors (Lipinski definition) is 2. The van der Waals surface area contributed by atoms with Crippen molar-refractivity contribution >= 4 is 5.91 Å². The predicted octanol–water partition coefficient (Wildman–Crippen LogP) is 2.43. The molecule has 1 N–H and O–H groups in total. The molecule has 0 heterocycles. The van der Waals surface area contributed by atoms with Crippen molar-refractivity contribution in [3.05, 3.63) is 35.1 Å². The van der Waals surface area contributed by atoms with E-state index >= 15 is 0 Å². The van der Waals surface area contributed by atoms with Crippen LogP contribution in [0.4, 0.5) is 4.39 Å². The molecule has 0 saturated heterocycles. The second-order valence-corrected chi connectivity index (χ2v) is 5.45. The number of aliphatic hydroxyl groups is 1. The largest absolute Gasteiger partial charge is 0.395 e. The molecule has 1 amide bonds. The number of hydrogen-bond donors (Lipinski definition) is 1. The van der Waals surface area contributed by atoms with Gasteiger partial charge in [-0.25, -0.2) is 4.39 Å². The van der Waals surface area contributed by atoms with Gasteiger partial charge in [0.15, 0.2) is 0 Å². The lowest BCUT2D eigenvalue weighted by atomic mass is 9.85. The van der Waals surface area contributed by atoms with E-state index in [1.165, 1.54) is 18.6 Å². The van der Waals surface area contributed by atoms with Crippen LogP contribution < -0.4 is 0 Å². The fourth-order valence-electron chi connectivity index (χ4n) is 2.34. The average Bonchev–Trinajstić information content (AvgIpc) is 2.44. The third kappa shape index (κ3) is 4.05. The normalized spacial score (nSPS) is 14.0. The zero-order valence-electron chi connectivity index (χ0n) is 12.2. The molecule has 21 heavy (non-hydrogen) atoms. The minimum atomic E-state index is -0.520. The van der Waals surface area contributed by atoms with E-state index < -0.39 is 5.82 Å². The number of amides is 1. The molecule has 0 aromatic heterocycles. The van der Waals surface area contributed by atoms with Crippen molar-refractivity contribution in [1.29, 1.82) is 0 Å². The standard InChI is InChI=1S/C17H20FNO2/c1-19(12-14-6-4-7-14)17(21)15-11-13(5-2-3-10-20)8-9-16(15)18/h8-9,11,14,20H,3-4,6-7,10,12H2,1H3. The van der Waals surface area contributed by atoms with Gasteiger partial charge in [0.2, 0.25) is 0 Å². The maximum Gasteiger partial charge on any atom is 0.256 e. The Morgan fingerprint density at radius 1 is 1.48 bits per heavy atom. The minimum absolute atomic E-state index is 0.00981. The Hall–Kier alpha value is -1.86. The summed E-state index contributed by atoms with van der Waals surface area (Å²) in [4.78, 5) is 13.9. The summed E-state index contributed by atoms with van der Waals surface area (Å²) in [6, 6.07) is 4.30. The van der Waals surface area contributed by atoms with Crippen molar-refractivity contribution < 1.29 is 14.3 Å². The first kappa shape index (κ1) is 15.5. The van der Waals surface area contributed by atoms with Gasteiger partial charge in [-0.15, -0.1) is 0 Å². The molecule has 0 unspecified atom stereocenters. The highest BCUT2D eigenvalue weighted by Gasteiger charge is 2.23. The monoisotopic (exact) mass is 289 g/mol. The fraction of sp³-hybridized carbons (Fsp3) is 0.471. The van der Waals surface area contributed by atoms with E-state index in [9.17, 15) is 9.18 Å². The lowest BCUT2D eigenvalue weighted by Crippen LogP contribution is -2.34. The Labute approximate surface area is 124 Å². The molecule has 0 aliphatic heterocycles. The molecule has 1 aromatic rings. The fourth-order valence-corrected chi connectivity index (χ4v) is 2.34. The smallest absolute Gasteiger partial charge is 0.256 e. The zero-order chi connectivity index (χ0) is 15.2. The van der Waals surface area contributed by atoms with Gasteiger partial charge in [0, 0.05) is 25.6 Å². The Kier molecular flexibility index (Phi) is 5.35. The van der Waals surface area contributed by atoms with Crippen LogP contribution in [0, 0.1) is 23.6 Å². The van der Waals surface area contributed by atoms with E-state index in [0.29, 0.717) is 24.4 Å². The second kappa shape index (κ2) is 7.24. The van der Waals surface area contributed by atoms with Crippen molar-refractivity contribution in [2.75, 3.05) is 20.2 Å². The van der Waals surface area contributed by atoms with Crippen molar-refractivity contribution in [3.63, 3.8) is 0 Å². The van der Waals surface area contributed by atoms with Crippen LogP contribution in [-0.4, -0.2) is 36.1 Å². The summed E-state index contributed by atoms with van der Waals surface area (Å²) < 4.78 is 13.9. The minimum Gasteiger partial charge on any atom is -0.395 e. The van der Waals surface area contributed by atoms with Gasteiger partial charge < -0.3 is 10.0 Å². The highest BCUT2D eigenvalue weighted by atomic mass is 19.1. The van der Waals surface area contributed by atoms with Gasteiger partial charge >= 0.3 is 0 Å². The number of rotatable bonds is 4. The van der Waals surface area contributed by atoms with E-state index in [-0.39, 0.29) is 18.1 Å². The van der Waals surface area contributed by atoms with Crippen molar-refractivity contribution in [2.24, 2.45) is 5.92 Å². The maximum atomic E-state index is 13.9. The van der Waals surface area contributed by atoms with E-state index in [1.807, 2.05) is 0 Å². The number of aliphatic hydroxyl groups excluding tert-OH is 1. The zero-order valence-corrected chi connectivity index (χ0v) is 12.2. The van der Waals surface area contributed by atoms with Crippen LogP contribution >= 0.6 is 0 Å². The summed E-state index contributed by atoms with van der Waals surface area (Å²) in [6.07, 6.45) is 3.87. The second-order valence-electron chi connectivity index (χ2n) is 5.45. The van der Waals surface area contributed by atoms with E-state index in [0.717, 1.165) is 12.8 Å². The predicted molar refractivity (Wildman–Crippen MR) is 79.3 cm³/mol. The molecule has 0 radical (unpaired) electrons. The summed E-state index contributed by atoms with van der Waals surface area (Å²) in [6.45, 7) is 0.669. The molecular weight excluding hydrogens is 269 g/mol. The molecule has 0 bridgehead atoms. The summed E-state index contributed by atoms with van der Waals surface area (Å²) in [5.74, 6) is 5.32. The first-order valence-corrected chi connectivity index (χ1v) is 7.26. The Bertz CT molecular complexity index is 570. The van der Waals surface area contributed by atoms with Gasteiger partial charge in [-0.1, -0.05) is 18.3 Å². The van der Waals surface area contributed by atoms with Gasteiger partial charge in [-0.3, -0.25) is 4.79 Å². The van der Waals surface area contributed by atoms with E-state index in [1.54, 1.807) is 18.0 Å². The van der Waals surface area contributed by atoms with Gasteiger partial charge in [-0.2, -0.15) is 0 Å². The van der Waals surface area contributed by atoms with E-state index in [2.05, 4.69) is 11.8 Å². The highest BCUT2D eigenvalue weighted by Crippen LogP contribution is 2.27. The first-order valence-electron chi connectivity index (χ1n) is 7.26. The summed E-state index contributed by atoms with van der Waals surface area (Å²) in [5, 5.41) is 8.69. The van der Waals surface area contributed by atoms with Crippen LogP contribution in [0.5, 0.6) is 0 Å². The lowest BCUT2D eigenvalue weighted by Gasteiger charge is -2.30. The Morgan fingerprint density at radius 3 is 2.86 bits per heavy atom. The average molecular weight is 289 g/mol. The van der Waals surface area contributed by atoms with Crippen LogP contribution in [0.25, 0.3) is 0 Å². The summed E-state index contributed by atoms with van der Waals surface area (Å²) >= 11 is 0. The molecule has 0 atom stereocenters. The van der Waals surface area contributed by atoms with Crippen molar-refractivity contribution in [1.82, 2.24) is 4.90 Å². The number of carbonyl (C=O) groups excluding carboxylic acids is 1. The molecule has 1 saturated carbocycles. The number of halogens is 1. The van der Waals surface area contributed by atoms with Crippen LogP contribution in [0.1, 0.15) is 41.6 Å². The molecule has 1 fully saturated rings. The van der Waals surface area contributed by atoms with Crippen molar-refractivity contribution in [3.8, 4) is 11.8 Å². The number of nitrogens with zero attached hydrogens (tertiary/aromatic N) is 1. The quantitative estimate of drug-likeness (QED) is 0.865. The molecule has 4 heteroatoms. The molecule has 1 aromatic carbocycles. The summed E-state index contributed by atoms with van der Waals surface area (Å²) in [7, 11) is 1.71. The first-order chi connectivity index (χ1) is 10.1. The number of benzene rings is 1. The van der Waals surface area contributed by atoms with Crippen LogP contribution in [-0.2, 0) is 0 Å². The molecule has 112 valence electrons. The van der Waals surface area contributed by atoms with Gasteiger partial charge in [-0.05, 0) is 37.0 Å². The molecular formula is C17H20FNO2. The maximum absolute atomic E-state index is 13.9. The molecule has 1 aliphatic rings. The third-order valence-electron chi connectivity index (χ3n) is 3.77. The summed E-state index contributed by atoms with van der Waals surface area (Å²) in [5.41, 5.74) is 0.651. The Balaban J connectivity index is 2.11. The van der Waals surface area contributed by atoms with Crippen LogP contribution in [0.15, 0.2) is 18.2 Å². The van der Waals surface area contributed by atoms with Crippen LogP contribution in [0.2, 0.25) is 0 Å². The molecule has 1 aliphatic carbocycles. The molecule has 0 spiro atoms. The topological polar surface area (TPSA) is 40.5 Å². The highest BCUT2D eigenvalue weighted by molar-refractivity contribution is 5.94. The van der Waals surface area contributed by atoms with Gasteiger partial charge in [0.25, 0.3) is 5.91 Å². The Morgan fingerprint density at radius 2 is 2.24 bits per heavy atom. The van der Waals surface area contributed by atoms with E-state index in [4.69, 9.17) is 5.11 Å².